The van der Waals surface area contributed by atoms with Gasteiger partial charge in [-0.2, -0.15) is 5.26 Å². The van der Waals surface area contributed by atoms with E-state index in [1.807, 2.05) is 6.07 Å². The molecule has 0 N–H and O–H groups in total. The lowest BCUT2D eigenvalue weighted by Gasteiger charge is -2.04. The number of halogens is 1. The summed E-state index contributed by atoms with van der Waals surface area (Å²) < 4.78 is 16.5. The molecule has 1 aliphatic heterocycles. The van der Waals surface area contributed by atoms with Gasteiger partial charge in [0.15, 0.2) is 11.5 Å². The van der Waals surface area contributed by atoms with Gasteiger partial charge in [0.2, 0.25) is 12.6 Å². The van der Waals surface area contributed by atoms with E-state index < -0.39 is 0 Å². The number of nitriles is 1. The molecule has 2 aromatic carbocycles. The molecule has 1 aliphatic rings. The number of nitrogens with zero attached hydrogens (tertiary/aromatic N) is 1. The number of allylic oxidation sites excluding steroid dienone is 1. The van der Waals surface area contributed by atoms with Crippen molar-refractivity contribution in [3.8, 4) is 23.3 Å². The topological polar surface area (TPSA) is 68.6 Å². The van der Waals surface area contributed by atoms with Gasteiger partial charge in [-0.3, -0.25) is 4.79 Å². The minimum absolute atomic E-state index is 0.0222. The van der Waals surface area contributed by atoms with Crippen molar-refractivity contribution in [2.75, 3.05) is 13.9 Å². The van der Waals surface area contributed by atoms with E-state index in [1.165, 1.54) is 13.2 Å². The van der Waals surface area contributed by atoms with Crippen LogP contribution in [0.1, 0.15) is 15.9 Å². The number of Topliss-reactive ketones (excluding diaryl/α,β-unsaturated/α-hetero) is 1. The van der Waals surface area contributed by atoms with Crippen LogP contribution in [-0.2, 0) is 0 Å². The van der Waals surface area contributed by atoms with Crippen LogP contribution in [0.25, 0.3) is 6.08 Å². The molecule has 120 valence electrons. The largest absolute Gasteiger partial charge is 0.497 e. The van der Waals surface area contributed by atoms with Crippen LogP contribution in [0.3, 0.4) is 0 Å². The first-order valence-corrected chi connectivity index (χ1v) is 7.81. The fraction of sp³-hybridized carbons (Fsp3) is 0.111. The van der Waals surface area contributed by atoms with E-state index in [9.17, 15) is 10.1 Å². The van der Waals surface area contributed by atoms with Crippen LogP contribution >= 0.6 is 15.9 Å². The van der Waals surface area contributed by atoms with Gasteiger partial charge in [0.1, 0.15) is 17.4 Å². The predicted molar refractivity (Wildman–Crippen MR) is 91.2 cm³/mol. The van der Waals surface area contributed by atoms with Gasteiger partial charge < -0.3 is 14.2 Å². The third-order valence-corrected chi connectivity index (χ3v) is 4.05. The summed E-state index contributed by atoms with van der Waals surface area (Å²) in [5, 5.41) is 9.37. The maximum atomic E-state index is 12.6. The van der Waals surface area contributed by atoms with Crippen molar-refractivity contribution in [2.45, 2.75) is 0 Å². The zero-order chi connectivity index (χ0) is 17.1. The number of methoxy groups -OCH3 is 1. The molecular weight excluding hydrogens is 374 g/mol. The molecule has 2 aromatic rings. The molecule has 0 saturated heterocycles. The van der Waals surface area contributed by atoms with E-state index in [1.54, 1.807) is 36.4 Å². The average Bonchev–Trinajstić information content (AvgIpc) is 3.08. The molecule has 6 heteroatoms. The zero-order valence-corrected chi connectivity index (χ0v) is 14.3. The second kappa shape index (κ2) is 6.77. The highest BCUT2D eigenvalue weighted by Gasteiger charge is 2.19. The van der Waals surface area contributed by atoms with Crippen LogP contribution in [-0.4, -0.2) is 19.7 Å². The van der Waals surface area contributed by atoms with Crippen molar-refractivity contribution >= 4 is 27.8 Å². The Labute approximate surface area is 147 Å². The van der Waals surface area contributed by atoms with Gasteiger partial charge in [-0.25, -0.2) is 0 Å². The maximum Gasteiger partial charge on any atom is 0.231 e. The van der Waals surface area contributed by atoms with Crippen molar-refractivity contribution in [2.24, 2.45) is 0 Å². The van der Waals surface area contributed by atoms with E-state index in [0.29, 0.717) is 32.8 Å². The third kappa shape index (κ3) is 3.12. The molecule has 0 radical (unpaired) electrons. The number of fused-ring (bicyclic) bond motifs is 1. The minimum Gasteiger partial charge on any atom is -0.497 e. The molecule has 0 atom stereocenters. The second-order valence-electron chi connectivity index (χ2n) is 4.97. The summed E-state index contributed by atoms with van der Waals surface area (Å²) in [4.78, 5) is 12.6. The second-order valence-corrected chi connectivity index (χ2v) is 5.82. The number of ketones is 1. The normalized spacial score (nSPS) is 12.6. The Kier molecular flexibility index (Phi) is 4.54. The van der Waals surface area contributed by atoms with Gasteiger partial charge in [-0.1, -0.05) is 12.1 Å². The molecule has 0 saturated carbocycles. The Morgan fingerprint density at radius 3 is 2.92 bits per heavy atom. The molecule has 0 spiro atoms. The molecule has 0 bridgehead atoms. The van der Waals surface area contributed by atoms with E-state index in [2.05, 4.69) is 15.9 Å². The first-order valence-electron chi connectivity index (χ1n) is 7.02. The zero-order valence-electron chi connectivity index (χ0n) is 12.7. The van der Waals surface area contributed by atoms with Crippen LogP contribution in [0.5, 0.6) is 17.2 Å². The predicted octanol–water partition coefficient (Wildman–Crippen LogP) is 3.98. The van der Waals surface area contributed by atoms with Crippen molar-refractivity contribution in [1.29, 1.82) is 5.26 Å². The lowest BCUT2D eigenvalue weighted by molar-refractivity contribution is 0.103. The van der Waals surface area contributed by atoms with Crippen LogP contribution in [0.15, 0.2) is 46.4 Å². The Hall–Kier alpha value is -2.78. The maximum absolute atomic E-state index is 12.6. The Morgan fingerprint density at radius 1 is 1.33 bits per heavy atom. The molecule has 0 amide bonds. The monoisotopic (exact) mass is 385 g/mol. The Balaban J connectivity index is 1.96. The lowest BCUT2D eigenvalue weighted by Crippen LogP contribution is -2.02. The molecule has 0 aliphatic carbocycles. The summed E-state index contributed by atoms with van der Waals surface area (Å²) in [6.07, 6.45) is 1.52. The van der Waals surface area contributed by atoms with Gasteiger partial charge in [0.25, 0.3) is 0 Å². The highest BCUT2D eigenvalue weighted by Crippen LogP contribution is 2.40. The minimum atomic E-state index is -0.370. The van der Waals surface area contributed by atoms with E-state index in [-0.39, 0.29) is 18.1 Å². The summed E-state index contributed by atoms with van der Waals surface area (Å²) in [6, 6.07) is 12.1. The number of hydrogen-bond donors (Lipinski definition) is 0. The standard InChI is InChI=1S/C18H12BrNO4/c1-22-14-4-2-3-12(8-14)17(21)13(9-20)5-11-6-15(19)18-16(7-11)23-10-24-18/h2-8H,10H2,1H3/b13-5+. The fourth-order valence-electron chi connectivity index (χ4n) is 2.31. The molecule has 0 unspecified atom stereocenters. The number of carbonyl (C=O) groups excluding carboxylic acids is 1. The van der Waals surface area contributed by atoms with Gasteiger partial charge >= 0.3 is 0 Å². The molecule has 24 heavy (non-hydrogen) atoms. The summed E-state index contributed by atoms with van der Waals surface area (Å²) in [5.74, 6) is 1.38. The first kappa shape index (κ1) is 16.1. The van der Waals surface area contributed by atoms with Crippen LogP contribution < -0.4 is 14.2 Å². The number of ether oxygens (including phenoxy) is 3. The molecule has 0 fully saturated rings. The molecular formula is C18H12BrNO4. The van der Waals surface area contributed by atoms with E-state index in [0.717, 1.165) is 0 Å². The van der Waals surface area contributed by atoms with Crippen LogP contribution in [0, 0.1) is 11.3 Å². The summed E-state index contributed by atoms with van der Waals surface area (Å²) >= 11 is 3.39. The smallest absolute Gasteiger partial charge is 0.231 e. The van der Waals surface area contributed by atoms with E-state index >= 15 is 0 Å². The molecule has 3 rings (SSSR count). The molecule has 1 heterocycles. The van der Waals surface area contributed by atoms with Crippen LogP contribution in [0.4, 0.5) is 0 Å². The highest BCUT2D eigenvalue weighted by molar-refractivity contribution is 9.10. The summed E-state index contributed by atoms with van der Waals surface area (Å²) in [6.45, 7) is 0.148. The highest BCUT2D eigenvalue weighted by atomic mass is 79.9. The summed E-state index contributed by atoms with van der Waals surface area (Å²) in [7, 11) is 1.52. The van der Waals surface area contributed by atoms with Crippen molar-refractivity contribution in [3.05, 3.63) is 57.6 Å². The Morgan fingerprint density at radius 2 is 2.17 bits per heavy atom. The number of hydrogen-bond acceptors (Lipinski definition) is 5. The van der Waals surface area contributed by atoms with Gasteiger partial charge in [-0.05, 0) is 51.8 Å². The number of rotatable bonds is 4. The lowest BCUT2D eigenvalue weighted by atomic mass is 10.0. The fourth-order valence-corrected chi connectivity index (χ4v) is 2.88. The van der Waals surface area contributed by atoms with Crippen molar-refractivity contribution in [3.63, 3.8) is 0 Å². The van der Waals surface area contributed by atoms with Gasteiger partial charge in [-0.15, -0.1) is 0 Å². The van der Waals surface area contributed by atoms with Gasteiger partial charge in [0, 0.05) is 5.56 Å². The first-order chi connectivity index (χ1) is 11.6. The van der Waals surface area contributed by atoms with Crippen LogP contribution in [0.2, 0.25) is 0 Å². The molecule has 0 aromatic heterocycles. The third-order valence-electron chi connectivity index (χ3n) is 3.46. The number of benzene rings is 2. The van der Waals surface area contributed by atoms with Crippen molar-refractivity contribution < 1.29 is 19.0 Å². The molecule has 5 nitrogen and oxygen atoms in total. The Bertz CT molecular complexity index is 883. The SMILES string of the molecule is COc1cccc(C(=O)/C(C#N)=C/c2cc(Br)c3c(c2)OCO3)c1. The average molecular weight is 386 g/mol. The number of carbonyl (C=O) groups is 1. The van der Waals surface area contributed by atoms with Crippen molar-refractivity contribution in [1.82, 2.24) is 0 Å². The van der Waals surface area contributed by atoms with Gasteiger partial charge in [0.05, 0.1) is 11.6 Å². The van der Waals surface area contributed by atoms with E-state index in [4.69, 9.17) is 14.2 Å². The quantitative estimate of drug-likeness (QED) is 0.452. The summed E-state index contributed by atoms with van der Waals surface area (Å²) in [5.41, 5.74) is 1.08.